The Morgan fingerprint density at radius 1 is 0.926 bits per heavy atom. The maximum absolute atomic E-state index is 12.5. The summed E-state index contributed by atoms with van der Waals surface area (Å²) in [6, 6.07) is 7.26. The predicted molar refractivity (Wildman–Crippen MR) is 105 cm³/mol. The number of ketones is 1. The molecular weight excluding hydrogens is 342 g/mol. The lowest BCUT2D eigenvalue weighted by molar-refractivity contribution is -0.121. The average Bonchev–Trinajstić information content (AvgIpc) is 2.69. The van der Waals surface area contributed by atoms with Gasteiger partial charge in [-0.05, 0) is 56.9 Å². The molecule has 0 unspecified atom stereocenters. The first-order valence-corrected chi connectivity index (χ1v) is 10.0. The summed E-state index contributed by atoms with van der Waals surface area (Å²) in [6.45, 7) is 2.74. The highest BCUT2D eigenvalue weighted by molar-refractivity contribution is 5.96. The topological polar surface area (TPSA) is 78.5 Å². The van der Waals surface area contributed by atoms with Gasteiger partial charge in [0.1, 0.15) is 0 Å². The molecule has 146 valence electrons. The average molecular weight is 371 g/mol. The number of rotatable bonds is 4. The van der Waals surface area contributed by atoms with Crippen LogP contribution in [-0.2, 0) is 4.79 Å². The van der Waals surface area contributed by atoms with Gasteiger partial charge < -0.3 is 15.5 Å². The van der Waals surface area contributed by atoms with Gasteiger partial charge in [0.05, 0.1) is 0 Å². The maximum Gasteiger partial charge on any atom is 0.317 e. The molecular formula is C21H29N3O3. The van der Waals surface area contributed by atoms with Crippen LogP contribution < -0.4 is 10.6 Å². The second kappa shape index (κ2) is 9.02. The Hall–Kier alpha value is -2.37. The number of nitrogens with one attached hydrogen (secondary N) is 2. The van der Waals surface area contributed by atoms with Crippen molar-refractivity contribution in [2.45, 2.75) is 57.9 Å². The highest BCUT2D eigenvalue weighted by atomic mass is 16.2. The van der Waals surface area contributed by atoms with Crippen molar-refractivity contribution in [3.63, 3.8) is 0 Å². The summed E-state index contributed by atoms with van der Waals surface area (Å²) in [4.78, 5) is 38.0. The Bertz CT molecular complexity index is 672. The molecule has 2 fully saturated rings. The van der Waals surface area contributed by atoms with Crippen LogP contribution in [0.5, 0.6) is 0 Å². The number of likely N-dealkylation sites (tertiary alicyclic amines) is 1. The van der Waals surface area contributed by atoms with Crippen LogP contribution in [0.2, 0.25) is 0 Å². The van der Waals surface area contributed by atoms with Crippen molar-refractivity contribution in [3.05, 3.63) is 29.8 Å². The number of anilines is 1. The molecule has 1 aliphatic heterocycles. The molecule has 1 aliphatic carbocycles. The molecule has 0 atom stereocenters. The van der Waals surface area contributed by atoms with Gasteiger partial charge in [0.15, 0.2) is 5.78 Å². The van der Waals surface area contributed by atoms with Crippen molar-refractivity contribution >= 4 is 23.4 Å². The number of urea groups is 1. The third kappa shape index (κ3) is 5.31. The molecule has 3 amide bonds. The van der Waals surface area contributed by atoms with Crippen LogP contribution >= 0.6 is 0 Å². The SMILES string of the molecule is CC(=O)c1ccc(NC(=O)C2CCN(C(=O)NC3CCCCC3)CC2)cc1. The summed E-state index contributed by atoms with van der Waals surface area (Å²) < 4.78 is 0. The molecule has 2 N–H and O–H groups in total. The molecule has 0 spiro atoms. The van der Waals surface area contributed by atoms with Gasteiger partial charge in [0.25, 0.3) is 0 Å². The number of Topliss-reactive ketones (excluding diaryl/α,β-unsaturated/α-hetero) is 1. The molecule has 1 heterocycles. The second-order valence-electron chi connectivity index (χ2n) is 7.67. The first-order valence-electron chi connectivity index (χ1n) is 10.0. The van der Waals surface area contributed by atoms with E-state index in [-0.39, 0.29) is 23.6 Å². The summed E-state index contributed by atoms with van der Waals surface area (Å²) in [7, 11) is 0. The summed E-state index contributed by atoms with van der Waals surface area (Å²) in [6.07, 6.45) is 7.16. The molecule has 1 saturated heterocycles. The van der Waals surface area contributed by atoms with E-state index in [0.717, 1.165) is 12.8 Å². The van der Waals surface area contributed by atoms with E-state index in [0.29, 0.717) is 43.2 Å². The van der Waals surface area contributed by atoms with Crippen LogP contribution in [0.1, 0.15) is 62.2 Å². The Labute approximate surface area is 160 Å². The van der Waals surface area contributed by atoms with Crippen LogP contribution in [0.3, 0.4) is 0 Å². The van der Waals surface area contributed by atoms with E-state index in [9.17, 15) is 14.4 Å². The standard InChI is InChI=1S/C21H29N3O3/c1-15(25)16-7-9-19(10-8-16)22-20(26)17-11-13-24(14-12-17)21(27)23-18-5-3-2-4-6-18/h7-10,17-18H,2-6,11-14H2,1H3,(H,22,26)(H,23,27). The number of benzene rings is 1. The molecule has 3 rings (SSSR count). The number of amides is 3. The van der Waals surface area contributed by atoms with E-state index in [1.54, 1.807) is 24.3 Å². The molecule has 0 bridgehead atoms. The van der Waals surface area contributed by atoms with Crippen molar-refractivity contribution in [3.8, 4) is 0 Å². The number of hydrogen-bond donors (Lipinski definition) is 2. The van der Waals surface area contributed by atoms with Crippen LogP contribution in [-0.4, -0.2) is 41.8 Å². The first-order chi connectivity index (χ1) is 13.0. The Kier molecular flexibility index (Phi) is 6.48. The van der Waals surface area contributed by atoms with Gasteiger partial charge in [-0.15, -0.1) is 0 Å². The summed E-state index contributed by atoms with van der Waals surface area (Å²) in [5.41, 5.74) is 1.33. The Morgan fingerprint density at radius 3 is 2.15 bits per heavy atom. The zero-order chi connectivity index (χ0) is 19.2. The van der Waals surface area contributed by atoms with Crippen molar-refractivity contribution in [1.82, 2.24) is 10.2 Å². The summed E-state index contributed by atoms with van der Waals surface area (Å²) >= 11 is 0. The van der Waals surface area contributed by atoms with E-state index in [1.807, 2.05) is 4.90 Å². The third-order valence-corrected chi connectivity index (χ3v) is 5.64. The van der Waals surface area contributed by atoms with E-state index in [1.165, 1.54) is 26.2 Å². The zero-order valence-corrected chi connectivity index (χ0v) is 16.0. The van der Waals surface area contributed by atoms with Crippen LogP contribution in [0.15, 0.2) is 24.3 Å². The molecule has 1 saturated carbocycles. The minimum atomic E-state index is -0.0868. The molecule has 6 nitrogen and oxygen atoms in total. The van der Waals surface area contributed by atoms with E-state index < -0.39 is 0 Å². The summed E-state index contributed by atoms with van der Waals surface area (Å²) in [5.74, 6) is -0.0964. The van der Waals surface area contributed by atoms with Crippen molar-refractivity contribution in [2.24, 2.45) is 5.92 Å². The Morgan fingerprint density at radius 2 is 1.56 bits per heavy atom. The molecule has 1 aromatic carbocycles. The number of hydrogen-bond acceptors (Lipinski definition) is 3. The van der Waals surface area contributed by atoms with Crippen LogP contribution in [0, 0.1) is 5.92 Å². The van der Waals surface area contributed by atoms with Gasteiger partial charge in [0.2, 0.25) is 5.91 Å². The van der Waals surface area contributed by atoms with Gasteiger partial charge in [0, 0.05) is 36.3 Å². The van der Waals surface area contributed by atoms with Crippen molar-refractivity contribution < 1.29 is 14.4 Å². The highest BCUT2D eigenvalue weighted by Crippen LogP contribution is 2.21. The van der Waals surface area contributed by atoms with Gasteiger partial charge in [-0.2, -0.15) is 0 Å². The zero-order valence-electron chi connectivity index (χ0n) is 16.0. The quantitative estimate of drug-likeness (QED) is 0.794. The van der Waals surface area contributed by atoms with Crippen LogP contribution in [0.4, 0.5) is 10.5 Å². The smallest absolute Gasteiger partial charge is 0.317 e. The van der Waals surface area contributed by atoms with Crippen LogP contribution in [0.25, 0.3) is 0 Å². The largest absolute Gasteiger partial charge is 0.335 e. The molecule has 27 heavy (non-hydrogen) atoms. The highest BCUT2D eigenvalue weighted by Gasteiger charge is 2.28. The van der Waals surface area contributed by atoms with Crippen molar-refractivity contribution in [2.75, 3.05) is 18.4 Å². The predicted octanol–water partition coefficient (Wildman–Crippen LogP) is 3.58. The van der Waals surface area contributed by atoms with Gasteiger partial charge in [-0.25, -0.2) is 4.79 Å². The molecule has 0 aromatic heterocycles. The minimum absolute atomic E-state index is 0.00625. The molecule has 0 radical (unpaired) electrons. The van der Waals surface area contributed by atoms with Gasteiger partial charge in [-0.1, -0.05) is 19.3 Å². The minimum Gasteiger partial charge on any atom is -0.335 e. The van der Waals surface area contributed by atoms with Crippen molar-refractivity contribution in [1.29, 1.82) is 0 Å². The molecule has 2 aliphatic rings. The fraction of sp³-hybridized carbons (Fsp3) is 0.571. The fourth-order valence-corrected chi connectivity index (χ4v) is 3.89. The second-order valence-corrected chi connectivity index (χ2v) is 7.67. The monoisotopic (exact) mass is 371 g/mol. The number of piperidine rings is 1. The number of nitrogens with zero attached hydrogens (tertiary/aromatic N) is 1. The molecule has 6 heteroatoms. The van der Waals surface area contributed by atoms with E-state index >= 15 is 0 Å². The third-order valence-electron chi connectivity index (χ3n) is 5.64. The summed E-state index contributed by atoms with van der Waals surface area (Å²) in [5, 5.41) is 6.06. The maximum atomic E-state index is 12.5. The van der Waals surface area contributed by atoms with E-state index in [4.69, 9.17) is 0 Å². The van der Waals surface area contributed by atoms with E-state index in [2.05, 4.69) is 10.6 Å². The lowest BCUT2D eigenvalue weighted by atomic mass is 9.95. The Balaban J connectivity index is 1.44. The lowest BCUT2D eigenvalue weighted by Gasteiger charge is -2.33. The van der Waals surface area contributed by atoms with Gasteiger partial charge in [-0.3, -0.25) is 9.59 Å². The number of carbonyl (C=O) groups is 3. The lowest BCUT2D eigenvalue weighted by Crippen LogP contribution is -2.49. The fourth-order valence-electron chi connectivity index (χ4n) is 3.89. The number of carbonyl (C=O) groups excluding carboxylic acids is 3. The van der Waals surface area contributed by atoms with Gasteiger partial charge >= 0.3 is 6.03 Å². The first kappa shape index (κ1) is 19.4. The normalized spacial score (nSPS) is 18.8. The molecule has 1 aromatic rings.